The highest BCUT2D eigenvalue weighted by Crippen LogP contribution is 2.32. The van der Waals surface area contributed by atoms with Crippen LogP contribution in [0.5, 0.6) is 0 Å². The second-order valence-corrected chi connectivity index (χ2v) is 8.89. The molecule has 1 aromatic carbocycles. The smallest absolute Gasteiger partial charge is 0.234 e. The number of sulfone groups is 1. The van der Waals surface area contributed by atoms with Crippen LogP contribution in [0, 0.1) is 0 Å². The van der Waals surface area contributed by atoms with Gasteiger partial charge in [0, 0.05) is 32.4 Å². The van der Waals surface area contributed by atoms with Gasteiger partial charge < -0.3 is 10.2 Å². The zero-order valence-electron chi connectivity index (χ0n) is 14.9. The van der Waals surface area contributed by atoms with E-state index in [1.54, 1.807) is 30.5 Å². The van der Waals surface area contributed by atoms with E-state index in [-0.39, 0.29) is 18.2 Å². The second-order valence-electron chi connectivity index (χ2n) is 6.89. The topological polar surface area (TPSA) is 82.6 Å². The molecule has 1 N–H and O–H groups in total. The van der Waals surface area contributed by atoms with Gasteiger partial charge >= 0.3 is 0 Å². The number of anilines is 1. The Labute approximate surface area is 158 Å². The molecule has 1 unspecified atom stereocenters. The van der Waals surface area contributed by atoms with E-state index in [0.717, 1.165) is 32.0 Å². The Hall–Kier alpha value is -2.45. The van der Waals surface area contributed by atoms with E-state index < -0.39 is 15.9 Å². The summed E-state index contributed by atoms with van der Waals surface area (Å²) in [6, 6.07) is 12.3. The van der Waals surface area contributed by atoms with Gasteiger partial charge in [-0.05, 0) is 23.8 Å². The van der Waals surface area contributed by atoms with Crippen LogP contribution in [0.15, 0.2) is 53.6 Å². The van der Waals surface area contributed by atoms with Crippen LogP contribution >= 0.6 is 0 Å². The highest BCUT2D eigenvalue weighted by Gasteiger charge is 2.35. The second kappa shape index (κ2) is 7.28. The molecule has 1 aromatic heterocycles. The molecule has 1 saturated heterocycles. The Kier molecular flexibility index (Phi) is 4.84. The minimum atomic E-state index is -3.31. The molecule has 27 heavy (non-hydrogen) atoms. The largest absolute Gasteiger partial charge is 0.354 e. The van der Waals surface area contributed by atoms with Crippen LogP contribution in [-0.4, -0.2) is 62.7 Å². The van der Waals surface area contributed by atoms with Gasteiger partial charge in [0.2, 0.25) is 5.91 Å². The molecule has 142 valence electrons. The number of aromatic nitrogens is 1. The molecule has 3 heterocycles. The van der Waals surface area contributed by atoms with Gasteiger partial charge in [-0.2, -0.15) is 0 Å². The number of rotatable bonds is 4. The first-order chi connectivity index (χ1) is 13.0. The number of amides is 1. The van der Waals surface area contributed by atoms with Crippen LogP contribution in [-0.2, 0) is 14.6 Å². The Morgan fingerprint density at radius 2 is 1.81 bits per heavy atom. The van der Waals surface area contributed by atoms with Crippen molar-refractivity contribution in [3.8, 4) is 0 Å². The first-order valence-electron chi connectivity index (χ1n) is 9.02. The van der Waals surface area contributed by atoms with Crippen molar-refractivity contribution in [2.75, 3.05) is 43.4 Å². The predicted molar refractivity (Wildman–Crippen MR) is 102 cm³/mol. The summed E-state index contributed by atoms with van der Waals surface area (Å²) in [4.78, 5) is 21.5. The summed E-state index contributed by atoms with van der Waals surface area (Å²) < 4.78 is 24.5. The molecule has 2 aliphatic rings. The van der Waals surface area contributed by atoms with Gasteiger partial charge in [-0.25, -0.2) is 13.4 Å². The summed E-state index contributed by atoms with van der Waals surface area (Å²) in [5, 5.41) is 2.90. The number of nitrogens with zero attached hydrogens (tertiary/aromatic N) is 3. The van der Waals surface area contributed by atoms with Gasteiger partial charge in [0.15, 0.2) is 9.84 Å². The van der Waals surface area contributed by atoms with E-state index in [9.17, 15) is 13.2 Å². The summed E-state index contributed by atoms with van der Waals surface area (Å²) in [6.45, 7) is 3.43. The average molecular weight is 386 g/mol. The molecule has 1 amide bonds. The van der Waals surface area contributed by atoms with Crippen LogP contribution in [0.4, 0.5) is 5.82 Å². The predicted octanol–water partition coefficient (Wildman–Crippen LogP) is 0.848. The Morgan fingerprint density at radius 1 is 1.07 bits per heavy atom. The molecular weight excluding hydrogens is 364 g/mol. The fourth-order valence-electron chi connectivity index (χ4n) is 3.69. The normalized spacial score (nSPS) is 21.6. The average Bonchev–Trinajstić information content (AvgIpc) is 2.93. The van der Waals surface area contributed by atoms with E-state index in [0.29, 0.717) is 10.5 Å². The molecule has 0 saturated carbocycles. The third-order valence-corrected chi connectivity index (χ3v) is 6.88. The number of nitrogens with one attached hydrogen (secondary N) is 1. The third-order valence-electron chi connectivity index (χ3n) is 5.06. The van der Waals surface area contributed by atoms with E-state index >= 15 is 0 Å². The van der Waals surface area contributed by atoms with Crippen LogP contribution < -0.4 is 10.2 Å². The molecule has 2 aromatic rings. The third kappa shape index (κ3) is 3.81. The molecule has 0 bridgehead atoms. The highest BCUT2D eigenvalue weighted by atomic mass is 32.2. The number of carbonyl (C=O) groups excluding carboxylic acids is 1. The molecule has 2 aliphatic heterocycles. The van der Waals surface area contributed by atoms with Gasteiger partial charge in [0.25, 0.3) is 0 Å². The molecule has 8 heteroatoms. The minimum Gasteiger partial charge on any atom is -0.354 e. The number of benzene rings is 1. The summed E-state index contributed by atoms with van der Waals surface area (Å²) >= 11 is 0. The van der Waals surface area contributed by atoms with Gasteiger partial charge in [-0.3, -0.25) is 9.69 Å². The first kappa shape index (κ1) is 17.9. The minimum absolute atomic E-state index is 0.0639. The lowest BCUT2D eigenvalue weighted by molar-refractivity contribution is -0.122. The summed E-state index contributed by atoms with van der Waals surface area (Å²) in [6.07, 6.45) is 1.78. The van der Waals surface area contributed by atoms with Crippen molar-refractivity contribution in [3.05, 3.63) is 54.2 Å². The molecule has 4 rings (SSSR count). The highest BCUT2D eigenvalue weighted by molar-refractivity contribution is 7.91. The van der Waals surface area contributed by atoms with E-state index in [1.165, 1.54) is 0 Å². The Balaban J connectivity index is 1.32. The van der Waals surface area contributed by atoms with Crippen LogP contribution in [0.25, 0.3) is 0 Å². The summed E-state index contributed by atoms with van der Waals surface area (Å²) in [5.74, 6) is 0.749. The summed E-state index contributed by atoms with van der Waals surface area (Å²) in [7, 11) is -3.31. The van der Waals surface area contributed by atoms with Crippen molar-refractivity contribution in [1.82, 2.24) is 15.2 Å². The van der Waals surface area contributed by atoms with Crippen molar-refractivity contribution >= 4 is 21.6 Å². The molecule has 0 aliphatic carbocycles. The van der Waals surface area contributed by atoms with Crippen molar-refractivity contribution in [1.29, 1.82) is 0 Å². The van der Waals surface area contributed by atoms with Crippen molar-refractivity contribution in [3.63, 3.8) is 0 Å². The molecular formula is C19H22N4O3S. The molecule has 1 atom stereocenters. The first-order valence-corrected chi connectivity index (χ1v) is 10.7. The lowest BCUT2D eigenvalue weighted by Crippen LogP contribution is -2.50. The fraction of sp³-hybridized carbons (Fsp3) is 0.368. The zero-order valence-corrected chi connectivity index (χ0v) is 15.7. The van der Waals surface area contributed by atoms with Crippen LogP contribution in [0.2, 0.25) is 0 Å². The van der Waals surface area contributed by atoms with E-state index in [2.05, 4.69) is 20.1 Å². The molecule has 0 spiro atoms. The monoisotopic (exact) mass is 386 g/mol. The van der Waals surface area contributed by atoms with Crippen molar-refractivity contribution < 1.29 is 13.2 Å². The SMILES string of the molecule is O=C(CN1CCN(c2ccccn2)CC1)NC1CS(=O)(=O)c2ccccc21. The Bertz CT molecular complexity index is 925. The lowest BCUT2D eigenvalue weighted by atomic mass is 10.1. The van der Waals surface area contributed by atoms with Gasteiger partial charge in [0.05, 0.1) is 23.2 Å². The number of carbonyl (C=O) groups is 1. The maximum absolute atomic E-state index is 12.5. The number of pyridine rings is 1. The Morgan fingerprint density at radius 3 is 2.56 bits per heavy atom. The van der Waals surface area contributed by atoms with Gasteiger partial charge in [-0.15, -0.1) is 0 Å². The maximum atomic E-state index is 12.5. The van der Waals surface area contributed by atoms with Gasteiger partial charge in [0.1, 0.15) is 5.82 Å². The van der Waals surface area contributed by atoms with Crippen molar-refractivity contribution in [2.24, 2.45) is 0 Å². The molecule has 7 nitrogen and oxygen atoms in total. The van der Waals surface area contributed by atoms with Crippen LogP contribution in [0.1, 0.15) is 11.6 Å². The maximum Gasteiger partial charge on any atom is 0.234 e. The number of hydrogen-bond acceptors (Lipinski definition) is 6. The zero-order chi connectivity index (χ0) is 18.9. The van der Waals surface area contributed by atoms with E-state index in [1.807, 2.05) is 18.2 Å². The van der Waals surface area contributed by atoms with E-state index in [4.69, 9.17) is 0 Å². The molecule has 1 fully saturated rings. The van der Waals surface area contributed by atoms with Crippen LogP contribution in [0.3, 0.4) is 0 Å². The number of piperazine rings is 1. The standard InChI is InChI=1S/C19H22N4O3S/c24-19(21-16-14-27(25,26)17-6-2-1-5-15(16)17)13-22-9-11-23(12-10-22)18-7-3-4-8-20-18/h1-8,16H,9-14H2,(H,21,24). The quantitative estimate of drug-likeness (QED) is 0.839. The summed E-state index contributed by atoms with van der Waals surface area (Å²) in [5.41, 5.74) is 0.686. The lowest BCUT2D eigenvalue weighted by Gasteiger charge is -2.35. The number of hydrogen-bond donors (Lipinski definition) is 1. The van der Waals surface area contributed by atoms with Crippen molar-refractivity contribution in [2.45, 2.75) is 10.9 Å². The van der Waals surface area contributed by atoms with Gasteiger partial charge in [-0.1, -0.05) is 24.3 Å². The number of fused-ring (bicyclic) bond motifs is 1. The molecule has 0 radical (unpaired) electrons. The fourth-order valence-corrected chi connectivity index (χ4v) is 5.43.